The predicted molar refractivity (Wildman–Crippen MR) is 107 cm³/mol. The predicted octanol–water partition coefficient (Wildman–Crippen LogP) is 1.87. The summed E-state index contributed by atoms with van der Waals surface area (Å²) in [6.45, 7) is 2.95. The molecule has 3 N–H and O–H groups in total. The number of sulfone groups is 1. The summed E-state index contributed by atoms with van der Waals surface area (Å²) in [7, 11) is -2.12. The molecule has 1 aliphatic heterocycles. The van der Waals surface area contributed by atoms with Gasteiger partial charge in [0.05, 0.1) is 19.1 Å². The first-order valence-electron chi connectivity index (χ1n) is 8.74. The van der Waals surface area contributed by atoms with Crippen LogP contribution in [0, 0.1) is 5.82 Å². The van der Waals surface area contributed by atoms with Gasteiger partial charge in [-0.25, -0.2) is 17.8 Å². The highest BCUT2D eigenvalue weighted by atomic mass is 32.2. The highest BCUT2D eigenvalue weighted by Crippen LogP contribution is 2.35. The number of aromatic nitrogens is 1. The number of nitrogens with zero attached hydrogens (tertiary/aromatic N) is 2. The van der Waals surface area contributed by atoms with Crippen molar-refractivity contribution in [1.29, 1.82) is 0 Å². The van der Waals surface area contributed by atoms with Crippen LogP contribution in [0.1, 0.15) is 29.9 Å². The maximum atomic E-state index is 14.6. The van der Waals surface area contributed by atoms with Gasteiger partial charge >= 0.3 is 0 Å². The molecule has 0 radical (unpaired) electrons. The molecule has 8 nitrogen and oxygen atoms in total. The monoisotopic (exact) mass is 420 g/mol. The number of nitrogens with one attached hydrogen (secondary N) is 1. The molecule has 0 spiro atoms. The first-order chi connectivity index (χ1) is 13.6. The van der Waals surface area contributed by atoms with E-state index < -0.39 is 38.1 Å². The number of pyridine rings is 1. The molecule has 154 valence electrons. The van der Waals surface area contributed by atoms with Crippen LogP contribution in [0.15, 0.2) is 41.5 Å². The van der Waals surface area contributed by atoms with E-state index in [9.17, 15) is 17.6 Å². The lowest BCUT2D eigenvalue weighted by Gasteiger charge is -2.33. The molecule has 10 heteroatoms. The van der Waals surface area contributed by atoms with E-state index in [1.807, 2.05) is 0 Å². The fourth-order valence-corrected chi connectivity index (χ4v) is 4.77. The number of rotatable bonds is 4. The number of carbonyl (C=O) groups is 1. The molecule has 1 aliphatic rings. The summed E-state index contributed by atoms with van der Waals surface area (Å²) in [6, 6.07) is 6.95. The van der Waals surface area contributed by atoms with Gasteiger partial charge in [0.15, 0.2) is 9.84 Å². The first kappa shape index (κ1) is 20.7. The fraction of sp³-hybridized carbons (Fsp3) is 0.316. The van der Waals surface area contributed by atoms with Crippen molar-refractivity contribution in [3.8, 4) is 5.75 Å². The smallest absolute Gasteiger partial charge is 0.274 e. The Kier molecular flexibility index (Phi) is 5.31. The number of hydrogen-bond acceptors (Lipinski definition) is 7. The minimum atomic E-state index is -3.60. The number of methoxy groups -OCH3 is 1. The molecule has 29 heavy (non-hydrogen) atoms. The van der Waals surface area contributed by atoms with Crippen molar-refractivity contribution in [2.24, 2.45) is 10.7 Å². The van der Waals surface area contributed by atoms with Gasteiger partial charge in [0.25, 0.3) is 5.91 Å². The van der Waals surface area contributed by atoms with Gasteiger partial charge in [-0.1, -0.05) is 0 Å². The number of benzene rings is 1. The third-order valence-corrected chi connectivity index (χ3v) is 7.11. The van der Waals surface area contributed by atoms with Crippen LogP contribution >= 0.6 is 0 Å². The van der Waals surface area contributed by atoms with Crippen LogP contribution in [-0.2, 0) is 15.4 Å². The molecule has 0 bridgehead atoms. The number of amidine groups is 1. The molecule has 2 aromatic rings. The Balaban J connectivity index is 1.93. The van der Waals surface area contributed by atoms with Crippen LogP contribution in [-0.4, -0.2) is 43.3 Å². The minimum absolute atomic E-state index is 0.0245. The van der Waals surface area contributed by atoms with Crippen LogP contribution < -0.4 is 15.8 Å². The number of halogens is 1. The van der Waals surface area contributed by atoms with Gasteiger partial charge in [0.1, 0.15) is 33.9 Å². The SMILES string of the molecule is COc1ccc(C(=O)Nc2ccc(F)c(C3(C)CS(=O)(=O)C(C)C(N)=N3)c2)nc1. The maximum Gasteiger partial charge on any atom is 0.274 e. The van der Waals surface area contributed by atoms with Gasteiger partial charge in [-0.2, -0.15) is 0 Å². The quantitative estimate of drug-likeness (QED) is 0.778. The normalized spacial score (nSPS) is 23.2. The highest BCUT2D eigenvalue weighted by molar-refractivity contribution is 7.92. The lowest BCUT2D eigenvalue weighted by Crippen LogP contribution is -2.47. The molecule has 2 atom stereocenters. The van der Waals surface area contributed by atoms with Crippen molar-refractivity contribution < 1.29 is 22.3 Å². The molecular formula is C19H21FN4O4S. The number of anilines is 1. The van der Waals surface area contributed by atoms with E-state index in [0.717, 1.165) is 6.07 Å². The van der Waals surface area contributed by atoms with E-state index >= 15 is 0 Å². The average molecular weight is 420 g/mol. The van der Waals surface area contributed by atoms with Crippen molar-refractivity contribution >= 4 is 27.3 Å². The lowest BCUT2D eigenvalue weighted by molar-refractivity contribution is 0.102. The van der Waals surface area contributed by atoms with Crippen molar-refractivity contribution in [2.45, 2.75) is 24.6 Å². The molecule has 1 aromatic heterocycles. The Morgan fingerprint density at radius 1 is 1.34 bits per heavy atom. The maximum absolute atomic E-state index is 14.6. The van der Waals surface area contributed by atoms with Gasteiger partial charge in [-0.15, -0.1) is 0 Å². The number of hydrogen-bond donors (Lipinski definition) is 2. The molecule has 0 saturated heterocycles. The van der Waals surface area contributed by atoms with Gasteiger partial charge in [-0.05, 0) is 44.2 Å². The van der Waals surface area contributed by atoms with Crippen LogP contribution in [0.2, 0.25) is 0 Å². The molecule has 1 amide bonds. The third-order valence-electron chi connectivity index (χ3n) is 4.82. The Morgan fingerprint density at radius 2 is 2.07 bits per heavy atom. The Morgan fingerprint density at radius 3 is 2.66 bits per heavy atom. The summed E-state index contributed by atoms with van der Waals surface area (Å²) in [4.78, 5) is 20.7. The van der Waals surface area contributed by atoms with E-state index in [4.69, 9.17) is 10.5 Å². The summed E-state index contributed by atoms with van der Waals surface area (Å²) >= 11 is 0. The second kappa shape index (κ2) is 7.43. The molecule has 2 heterocycles. The van der Waals surface area contributed by atoms with E-state index in [-0.39, 0.29) is 22.8 Å². The van der Waals surface area contributed by atoms with Crippen LogP contribution in [0.3, 0.4) is 0 Å². The Bertz CT molecular complexity index is 1090. The number of ether oxygens (including phenoxy) is 1. The second-order valence-electron chi connectivity index (χ2n) is 6.99. The summed E-state index contributed by atoms with van der Waals surface area (Å²) in [5, 5.41) is 1.69. The molecule has 1 aromatic carbocycles. The average Bonchev–Trinajstić information content (AvgIpc) is 2.67. The fourth-order valence-electron chi connectivity index (χ4n) is 3.09. The standard InChI is InChI=1S/C19H21FN4O4S/c1-11-17(21)24-19(2,10-29(11,26)27)14-8-12(4-6-15(14)20)23-18(25)16-7-5-13(28-3)9-22-16/h4-9,11H,10H2,1-3H3,(H2,21,24)(H,23,25). The van der Waals surface area contributed by atoms with E-state index in [2.05, 4.69) is 15.3 Å². The number of nitrogens with two attached hydrogens (primary N) is 1. The lowest BCUT2D eigenvalue weighted by atomic mass is 9.93. The van der Waals surface area contributed by atoms with E-state index in [1.54, 1.807) is 6.07 Å². The third kappa shape index (κ3) is 4.07. The molecule has 0 saturated carbocycles. The zero-order valence-corrected chi connectivity index (χ0v) is 17.0. The molecule has 3 rings (SSSR count). The summed E-state index contributed by atoms with van der Waals surface area (Å²) < 4.78 is 44.4. The van der Waals surface area contributed by atoms with Crippen molar-refractivity contribution in [3.63, 3.8) is 0 Å². The number of amides is 1. The molecular weight excluding hydrogens is 399 g/mol. The zero-order chi connectivity index (χ0) is 21.4. The summed E-state index contributed by atoms with van der Waals surface area (Å²) in [5.41, 5.74) is 4.83. The summed E-state index contributed by atoms with van der Waals surface area (Å²) in [5.74, 6) is -1.12. The topological polar surface area (TPSA) is 124 Å². The number of carbonyl (C=O) groups excluding carboxylic acids is 1. The van der Waals surface area contributed by atoms with Gasteiger partial charge in [-0.3, -0.25) is 9.79 Å². The molecule has 2 unspecified atom stereocenters. The van der Waals surface area contributed by atoms with Crippen molar-refractivity contribution in [2.75, 3.05) is 18.2 Å². The van der Waals surface area contributed by atoms with Crippen LogP contribution in [0.25, 0.3) is 0 Å². The Labute approximate surface area is 167 Å². The van der Waals surface area contributed by atoms with Crippen LogP contribution in [0.5, 0.6) is 5.75 Å². The van der Waals surface area contributed by atoms with E-state index in [0.29, 0.717) is 5.75 Å². The van der Waals surface area contributed by atoms with Gasteiger partial charge in [0, 0.05) is 11.3 Å². The largest absolute Gasteiger partial charge is 0.495 e. The molecule has 0 fully saturated rings. The minimum Gasteiger partial charge on any atom is -0.495 e. The van der Waals surface area contributed by atoms with Gasteiger partial charge < -0.3 is 15.8 Å². The van der Waals surface area contributed by atoms with Crippen molar-refractivity contribution in [1.82, 2.24) is 4.98 Å². The molecule has 0 aliphatic carbocycles. The first-order valence-corrected chi connectivity index (χ1v) is 10.5. The van der Waals surface area contributed by atoms with Gasteiger partial charge in [0.2, 0.25) is 0 Å². The van der Waals surface area contributed by atoms with Crippen molar-refractivity contribution in [3.05, 3.63) is 53.6 Å². The second-order valence-corrected chi connectivity index (χ2v) is 9.31. The summed E-state index contributed by atoms with van der Waals surface area (Å²) in [6.07, 6.45) is 1.40. The number of aliphatic imine (C=N–C) groups is 1. The Hall–Kier alpha value is -3.01. The van der Waals surface area contributed by atoms with E-state index in [1.165, 1.54) is 45.4 Å². The zero-order valence-electron chi connectivity index (χ0n) is 16.1. The van der Waals surface area contributed by atoms with Crippen LogP contribution in [0.4, 0.5) is 10.1 Å². The highest BCUT2D eigenvalue weighted by Gasteiger charge is 2.42.